The first-order valence-corrected chi connectivity index (χ1v) is 10.2. The van der Waals surface area contributed by atoms with Gasteiger partial charge in [0, 0.05) is 24.3 Å². The number of carbonyl (C=O) groups excluding carboxylic acids is 1. The molecule has 0 radical (unpaired) electrons. The van der Waals surface area contributed by atoms with Gasteiger partial charge in [0.05, 0.1) is 5.25 Å². The normalized spacial score (nSPS) is 11.8. The maximum Gasteiger partial charge on any atom is 0.240 e. The zero-order chi connectivity index (χ0) is 19.9. The molecule has 1 amide bonds. The van der Waals surface area contributed by atoms with Gasteiger partial charge in [-0.15, -0.1) is 16.8 Å². The van der Waals surface area contributed by atoms with Gasteiger partial charge in [0.25, 0.3) is 0 Å². The molecule has 28 heavy (non-hydrogen) atoms. The molecule has 0 aliphatic heterocycles. The number of allylic oxidation sites excluding steroid dienone is 1. The fraction of sp³-hybridized carbons (Fsp3) is 0.227. The minimum absolute atomic E-state index is 0.0492. The van der Waals surface area contributed by atoms with Crippen molar-refractivity contribution < 1.29 is 4.79 Å². The summed E-state index contributed by atoms with van der Waals surface area (Å²) in [6, 6.07) is 19.6. The zero-order valence-electron chi connectivity index (χ0n) is 16.2. The second kappa shape index (κ2) is 9.37. The van der Waals surface area contributed by atoms with Crippen LogP contribution < -0.4 is 4.90 Å². The SMILES string of the molecule is C=CCn1c(SC(C)C(=O)N(CC)c2ccccc2)nnc1-c1ccccc1. The van der Waals surface area contributed by atoms with Crippen LogP contribution >= 0.6 is 11.8 Å². The maximum atomic E-state index is 13.1. The van der Waals surface area contributed by atoms with E-state index in [9.17, 15) is 4.79 Å². The van der Waals surface area contributed by atoms with E-state index in [-0.39, 0.29) is 11.2 Å². The first kappa shape index (κ1) is 19.9. The zero-order valence-corrected chi connectivity index (χ0v) is 17.0. The second-order valence-electron chi connectivity index (χ2n) is 6.25. The molecule has 0 saturated carbocycles. The number of aromatic nitrogens is 3. The molecule has 0 N–H and O–H groups in total. The van der Waals surface area contributed by atoms with Gasteiger partial charge in [-0.2, -0.15) is 0 Å². The number of hydrogen-bond acceptors (Lipinski definition) is 4. The number of benzene rings is 2. The van der Waals surface area contributed by atoms with Crippen LogP contribution in [-0.4, -0.2) is 32.5 Å². The molecule has 0 fully saturated rings. The van der Waals surface area contributed by atoms with Crippen LogP contribution in [-0.2, 0) is 11.3 Å². The van der Waals surface area contributed by atoms with Gasteiger partial charge in [-0.1, -0.05) is 66.4 Å². The van der Waals surface area contributed by atoms with Crippen LogP contribution in [0.15, 0.2) is 78.5 Å². The smallest absolute Gasteiger partial charge is 0.240 e. The van der Waals surface area contributed by atoms with E-state index in [1.54, 1.807) is 4.90 Å². The quantitative estimate of drug-likeness (QED) is 0.413. The van der Waals surface area contributed by atoms with Gasteiger partial charge in [-0.05, 0) is 26.0 Å². The second-order valence-corrected chi connectivity index (χ2v) is 7.56. The molecule has 3 rings (SSSR count). The average Bonchev–Trinajstić information content (AvgIpc) is 3.12. The Morgan fingerprint density at radius 1 is 1.14 bits per heavy atom. The Morgan fingerprint density at radius 2 is 1.79 bits per heavy atom. The van der Waals surface area contributed by atoms with Gasteiger partial charge in [-0.3, -0.25) is 9.36 Å². The van der Waals surface area contributed by atoms with Crippen molar-refractivity contribution in [2.75, 3.05) is 11.4 Å². The molecule has 5 nitrogen and oxygen atoms in total. The topological polar surface area (TPSA) is 51.0 Å². The van der Waals surface area contributed by atoms with E-state index >= 15 is 0 Å². The molecule has 0 aliphatic carbocycles. The summed E-state index contributed by atoms with van der Waals surface area (Å²) in [5, 5.41) is 9.13. The summed E-state index contributed by atoms with van der Waals surface area (Å²) in [5.74, 6) is 0.825. The lowest BCUT2D eigenvalue weighted by Crippen LogP contribution is -2.36. The van der Waals surface area contributed by atoms with Gasteiger partial charge in [0.15, 0.2) is 11.0 Å². The summed E-state index contributed by atoms with van der Waals surface area (Å²) in [7, 11) is 0. The molecule has 0 spiro atoms. The highest BCUT2D eigenvalue weighted by Crippen LogP contribution is 2.28. The number of hydrogen-bond donors (Lipinski definition) is 0. The van der Waals surface area contributed by atoms with Crippen molar-refractivity contribution in [1.29, 1.82) is 0 Å². The first-order chi connectivity index (χ1) is 13.7. The van der Waals surface area contributed by atoms with E-state index in [4.69, 9.17) is 0 Å². The van der Waals surface area contributed by atoms with Gasteiger partial charge >= 0.3 is 0 Å². The van der Waals surface area contributed by atoms with E-state index < -0.39 is 0 Å². The average molecular weight is 393 g/mol. The van der Waals surface area contributed by atoms with Gasteiger partial charge < -0.3 is 4.90 Å². The van der Waals surface area contributed by atoms with Crippen LogP contribution in [0.1, 0.15) is 13.8 Å². The molecule has 0 saturated heterocycles. The largest absolute Gasteiger partial charge is 0.312 e. The monoisotopic (exact) mass is 392 g/mol. The molecule has 1 heterocycles. The summed E-state index contributed by atoms with van der Waals surface area (Å²) in [5.41, 5.74) is 1.89. The summed E-state index contributed by atoms with van der Waals surface area (Å²) < 4.78 is 2.00. The fourth-order valence-corrected chi connectivity index (χ4v) is 3.89. The Kier molecular flexibility index (Phi) is 6.66. The maximum absolute atomic E-state index is 13.1. The summed E-state index contributed by atoms with van der Waals surface area (Å²) in [4.78, 5) is 14.8. The van der Waals surface area contributed by atoms with Crippen molar-refractivity contribution in [2.45, 2.75) is 30.8 Å². The highest BCUT2D eigenvalue weighted by atomic mass is 32.2. The number of rotatable bonds is 8. The molecule has 1 aromatic heterocycles. The number of amides is 1. The van der Waals surface area contributed by atoms with E-state index in [0.29, 0.717) is 18.2 Å². The predicted molar refractivity (Wildman–Crippen MR) is 115 cm³/mol. The lowest BCUT2D eigenvalue weighted by Gasteiger charge is -2.24. The van der Waals surface area contributed by atoms with Gasteiger partial charge in [-0.25, -0.2) is 0 Å². The van der Waals surface area contributed by atoms with E-state index in [2.05, 4.69) is 16.8 Å². The van der Waals surface area contributed by atoms with Crippen LogP contribution in [0.25, 0.3) is 11.4 Å². The number of anilines is 1. The third-order valence-corrected chi connectivity index (χ3v) is 5.41. The first-order valence-electron chi connectivity index (χ1n) is 9.28. The fourth-order valence-electron chi connectivity index (χ4n) is 2.97. The molecule has 1 atom stereocenters. The van der Waals surface area contributed by atoms with Crippen molar-refractivity contribution in [2.24, 2.45) is 0 Å². The highest BCUT2D eigenvalue weighted by Gasteiger charge is 2.24. The van der Waals surface area contributed by atoms with Crippen LogP contribution in [0.3, 0.4) is 0 Å². The van der Waals surface area contributed by atoms with E-state index in [1.165, 1.54) is 11.8 Å². The van der Waals surface area contributed by atoms with Gasteiger partial charge in [0.1, 0.15) is 0 Å². The molecule has 2 aromatic carbocycles. The Hall–Kier alpha value is -2.86. The summed E-state index contributed by atoms with van der Waals surface area (Å²) in [6.07, 6.45) is 1.81. The van der Waals surface area contributed by atoms with E-state index in [0.717, 1.165) is 17.1 Å². The molecule has 0 bridgehead atoms. The van der Waals surface area contributed by atoms with Crippen molar-refractivity contribution in [1.82, 2.24) is 14.8 Å². The van der Waals surface area contributed by atoms with Gasteiger partial charge in [0.2, 0.25) is 5.91 Å². The number of carbonyl (C=O) groups is 1. The van der Waals surface area contributed by atoms with Crippen molar-refractivity contribution >= 4 is 23.4 Å². The number of thioether (sulfide) groups is 1. The molecular formula is C22H24N4OS. The minimum atomic E-state index is -0.295. The lowest BCUT2D eigenvalue weighted by molar-refractivity contribution is -0.117. The van der Waals surface area contributed by atoms with Crippen molar-refractivity contribution in [3.63, 3.8) is 0 Å². The molecule has 6 heteroatoms. The van der Waals surface area contributed by atoms with Crippen molar-refractivity contribution in [3.05, 3.63) is 73.3 Å². The third-order valence-electron chi connectivity index (χ3n) is 4.34. The van der Waals surface area contributed by atoms with Crippen LogP contribution in [0.4, 0.5) is 5.69 Å². The van der Waals surface area contributed by atoms with E-state index in [1.807, 2.05) is 85.2 Å². The van der Waals surface area contributed by atoms with Crippen LogP contribution in [0.5, 0.6) is 0 Å². The standard InChI is InChI=1S/C22H24N4OS/c1-4-16-26-20(18-12-8-6-9-13-18)23-24-22(26)28-17(3)21(27)25(5-2)19-14-10-7-11-15-19/h4,6-15,17H,1,5,16H2,2-3H3. The molecule has 0 aliphatic rings. The molecule has 1 unspecified atom stereocenters. The van der Waals surface area contributed by atoms with Crippen LogP contribution in [0.2, 0.25) is 0 Å². The Bertz CT molecular complexity index is 924. The Labute approximate surface area is 170 Å². The molecule has 3 aromatic rings. The highest BCUT2D eigenvalue weighted by molar-refractivity contribution is 8.00. The summed E-state index contributed by atoms with van der Waals surface area (Å²) >= 11 is 1.42. The van der Waals surface area contributed by atoms with Crippen LogP contribution in [0, 0.1) is 0 Å². The number of para-hydroxylation sites is 1. The Morgan fingerprint density at radius 3 is 2.39 bits per heavy atom. The predicted octanol–water partition coefficient (Wildman–Crippen LogP) is 4.66. The molecule has 144 valence electrons. The van der Waals surface area contributed by atoms with Crippen molar-refractivity contribution in [3.8, 4) is 11.4 Å². The number of nitrogens with zero attached hydrogens (tertiary/aromatic N) is 4. The third kappa shape index (κ3) is 4.34. The molecular weight excluding hydrogens is 368 g/mol. The lowest BCUT2D eigenvalue weighted by atomic mass is 10.2. The minimum Gasteiger partial charge on any atom is -0.312 e. The summed E-state index contributed by atoms with van der Waals surface area (Å²) in [6.45, 7) is 8.93. The Balaban J connectivity index is 1.83.